The SMILES string of the molecule is COc1ccccc1CCNC(=O)c1nnc(-c2ccccc2)o1. The number of hydrogen-bond acceptors (Lipinski definition) is 5. The lowest BCUT2D eigenvalue weighted by Crippen LogP contribution is -2.26. The van der Waals surface area contributed by atoms with Gasteiger partial charge in [-0.2, -0.15) is 0 Å². The molecule has 24 heavy (non-hydrogen) atoms. The summed E-state index contributed by atoms with van der Waals surface area (Å²) in [6, 6.07) is 17.0. The van der Waals surface area contributed by atoms with Gasteiger partial charge in [-0.1, -0.05) is 36.4 Å². The van der Waals surface area contributed by atoms with Crippen molar-refractivity contribution in [1.82, 2.24) is 15.5 Å². The molecule has 0 aliphatic rings. The van der Waals surface area contributed by atoms with E-state index in [9.17, 15) is 4.79 Å². The maximum absolute atomic E-state index is 12.1. The first kappa shape index (κ1) is 15.7. The van der Waals surface area contributed by atoms with Crippen LogP contribution < -0.4 is 10.1 Å². The Hall–Kier alpha value is -3.15. The predicted octanol–water partition coefficient (Wildman–Crippen LogP) is 2.72. The molecule has 0 saturated carbocycles. The first-order valence-electron chi connectivity index (χ1n) is 7.57. The molecule has 0 bridgehead atoms. The number of nitrogens with one attached hydrogen (secondary N) is 1. The molecule has 3 aromatic rings. The van der Waals surface area contributed by atoms with Gasteiger partial charge in [-0.05, 0) is 30.2 Å². The summed E-state index contributed by atoms with van der Waals surface area (Å²) in [5, 5.41) is 10.5. The maximum atomic E-state index is 12.1. The fraction of sp³-hybridized carbons (Fsp3) is 0.167. The zero-order chi connectivity index (χ0) is 16.8. The number of hydrogen-bond donors (Lipinski definition) is 1. The maximum Gasteiger partial charge on any atom is 0.308 e. The highest BCUT2D eigenvalue weighted by atomic mass is 16.5. The van der Waals surface area contributed by atoms with E-state index in [1.807, 2.05) is 54.6 Å². The zero-order valence-corrected chi connectivity index (χ0v) is 13.2. The van der Waals surface area contributed by atoms with Crippen LogP contribution in [0.3, 0.4) is 0 Å². The van der Waals surface area contributed by atoms with Gasteiger partial charge >= 0.3 is 11.8 Å². The third-order valence-electron chi connectivity index (χ3n) is 3.51. The van der Waals surface area contributed by atoms with E-state index in [0.717, 1.165) is 16.9 Å². The lowest BCUT2D eigenvalue weighted by molar-refractivity contribution is 0.0920. The van der Waals surface area contributed by atoms with Crippen molar-refractivity contribution in [2.45, 2.75) is 6.42 Å². The minimum atomic E-state index is -0.389. The molecular weight excluding hydrogens is 306 g/mol. The molecule has 6 heteroatoms. The summed E-state index contributed by atoms with van der Waals surface area (Å²) in [6.07, 6.45) is 0.648. The number of benzene rings is 2. The van der Waals surface area contributed by atoms with Gasteiger partial charge in [0.15, 0.2) is 0 Å². The number of amides is 1. The Morgan fingerprint density at radius 3 is 2.62 bits per heavy atom. The van der Waals surface area contributed by atoms with E-state index in [0.29, 0.717) is 18.9 Å². The molecule has 0 aliphatic carbocycles. The normalized spacial score (nSPS) is 10.4. The highest BCUT2D eigenvalue weighted by molar-refractivity contribution is 5.89. The number of ether oxygens (including phenoxy) is 1. The first-order chi connectivity index (χ1) is 11.8. The second-order valence-corrected chi connectivity index (χ2v) is 5.10. The molecule has 2 aromatic carbocycles. The molecule has 3 rings (SSSR count). The Bertz CT molecular complexity index is 815. The second-order valence-electron chi connectivity index (χ2n) is 5.10. The summed E-state index contributed by atoms with van der Waals surface area (Å²) in [7, 11) is 1.63. The Kier molecular flexibility index (Phi) is 4.86. The summed E-state index contributed by atoms with van der Waals surface area (Å²) in [4.78, 5) is 12.1. The van der Waals surface area contributed by atoms with E-state index >= 15 is 0 Å². The molecule has 0 unspecified atom stereocenters. The van der Waals surface area contributed by atoms with Crippen molar-refractivity contribution < 1.29 is 13.9 Å². The van der Waals surface area contributed by atoms with Gasteiger partial charge in [-0.25, -0.2) is 0 Å². The molecule has 0 fully saturated rings. The molecule has 122 valence electrons. The number of carbonyl (C=O) groups excluding carboxylic acids is 1. The molecule has 1 N–H and O–H groups in total. The molecule has 6 nitrogen and oxygen atoms in total. The van der Waals surface area contributed by atoms with Crippen LogP contribution in [0.5, 0.6) is 5.75 Å². The molecule has 0 spiro atoms. The Morgan fingerprint density at radius 2 is 1.83 bits per heavy atom. The van der Waals surface area contributed by atoms with Crippen molar-refractivity contribution in [3.63, 3.8) is 0 Å². The van der Waals surface area contributed by atoms with Crippen LogP contribution in [0.4, 0.5) is 0 Å². The summed E-state index contributed by atoms with van der Waals surface area (Å²) in [5.41, 5.74) is 1.80. The lowest BCUT2D eigenvalue weighted by atomic mass is 10.1. The van der Waals surface area contributed by atoms with Crippen molar-refractivity contribution in [1.29, 1.82) is 0 Å². The standard InChI is InChI=1S/C18H17N3O3/c1-23-15-10-6-5-7-13(15)11-12-19-16(22)18-21-20-17(24-18)14-8-3-2-4-9-14/h2-10H,11-12H2,1H3,(H,19,22). The van der Waals surface area contributed by atoms with Gasteiger partial charge < -0.3 is 14.5 Å². The highest BCUT2D eigenvalue weighted by Gasteiger charge is 2.15. The molecule has 0 atom stereocenters. The zero-order valence-electron chi connectivity index (χ0n) is 13.2. The third-order valence-corrected chi connectivity index (χ3v) is 3.51. The predicted molar refractivity (Wildman–Crippen MR) is 88.8 cm³/mol. The van der Waals surface area contributed by atoms with Gasteiger partial charge in [0.05, 0.1) is 7.11 Å². The van der Waals surface area contributed by atoms with E-state index in [2.05, 4.69) is 15.5 Å². The van der Waals surface area contributed by atoms with Gasteiger partial charge in [0.1, 0.15) is 5.75 Å². The van der Waals surface area contributed by atoms with Crippen LogP contribution in [-0.2, 0) is 6.42 Å². The lowest BCUT2D eigenvalue weighted by Gasteiger charge is -2.08. The van der Waals surface area contributed by atoms with Crippen molar-refractivity contribution in [2.75, 3.05) is 13.7 Å². The van der Waals surface area contributed by atoms with Gasteiger partial charge in [0.25, 0.3) is 0 Å². The monoisotopic (exact) mass is 323 g/mol. The van der Waals surface area contributed by atoms with Crippen LogP contribution >= 0.6 is 0 Å². The molecule has 1 amide bonds. The van der Waals surface area contributed by atoms with Crippen molar-refractivity contribution in [3.8, 4) is 17.2 Å². The number of rotatable bonds is 6. The minimum absolute atomic E-state index is 0.0473. The highest BCUT2D eigenvalue weighted by Crippen LogP contribution is 2.18. The second kappa shape index (κ2) is 7.41. The van der Waals surface area contributed by atoms with Gasteiger partial charge in [0, 0.05) is 12.1 Å². The molecule has 1 heterocycles. The average Bonchev–Trinajstić information content (AvgIpc) is 3.13. The van der Waals surface area contributed by atoms with Gasteiger partial charge in [-0.15, -0.1) is 10.2 Å². The van der Waals surface area contributed by atoms with E-state index < -0.39 is 0 Å². The third kappa shape index (κ3) is 3.60. The number of aromatic nitrogens is 2. The summed E-state index contributed by atoms with van der Waals surface area (Å²) >= 11 is 0. The summed E-state index contributed by atoms with van der Waals surface area (Å²) < 4.78 is 10.7. The Labute approximate surface area is 139 Å². The van der Waals surface area contributed by atoms with Crippen molar-refractivity contribution in [3.05, 3.63) is 66.1 Å². The largest absolute Gasteiger partial charge is 0.496 e. The van der Waals surface area contributed by atoms with Crippen LogP contribution in [-0.4, -0.2) is 29.8 Å². The van der Waals surface area contributed by atoms with E-state index in [1.165, 1.54) is 0 Å². The van der Waals surface area contributed by atoms with Crippen LogP contribution in [0.2, 0.25) is 0 Å². The van der Waals surface area contributed by atoms with E-state index in [-0.39, 0.29) is 11.8 Å². The summed E-state index contributed by atoms with van der Waals surface area (Å²) in [5.74, 6) is 0.690. The van der Waals surface area contributed by atoms with E-state index in [1.54, 1.807) is 7.11 Å². The number of para-hydroxylation sites is 1. The first-order valence-corrected chi connectivity index (χ1v) is 7.57. The fourth-order valence-corrected chi connectivity index (χ4v) is 2.31. The topological polar surface area (TPSA) is 77.2 Å². The Morgan fingerprint density at radius 1 is 1.08 bits per heavy atom. The smallest absolute Gasteiger partial charge is 0.308 e. The van der Waals surface area contributed by atoms with E-state index in [4.69, 9.17) is 9.15 Å². The van der Waals surface area contributed by atoms with Crippen LogP contribution in [0, 0.1) is 0 Å². The van der Waals surface area contributed by atoms with Gasteiger partial charge in [0.2, 0.25) is 5.89 Å². The minimum Gasteiger partial charge on any atom is -0.496 e. The van der Waals surface area contributed by atoms with Crippen molar-refractivity contribution in [2.24, 2.45) is 0 Å². The van der Waals surface area contributed by atoms with Gasteiger partial charge in [-0.3, -0.25) is 4.79 Å². The molecule has 1 aromatic heterocycles. The number of nitrogens with zero attached hydrogens (tertiary/aromatic N) is 2. The molecule has 0 aliphatic heterocycles. The van der Waals surface area contributed by atoms with Crippen LogP contribution in [0.25, 0.3) is 11.5 Å². The molecular formula is C18H17N3O3. The van der Waals surface area contributed by atoms with Crippen molar-refractivity contribution >= 4 is 5.91 Å². The molecule has 0 saturated heterocycles. The molecule has 0 radical (unpaired) electrons. The number of carbonyl (C=O) groups is 1. The Balaban J connectivity index is 1.59. The van der Waals surface area contributed by atoms with Crippen LogP contribution in [0.1, 0.15) is 16.2 Å². The summed E-state index contributed by atoms with van der Waals surface area (Å²) in [6.45, 7) is 0.447. The average molecular weight is 323 g/mol. The quantitative estimate of drug-likeness (QED) is 0.755. The van der Waals surface area contributed by atoms with Crippen LogP contribution in [0.15, 0.2) is 59.0 Å². The number of methoxy groups -OCH3 is 1. The fourth-order valence-electron chi connectivity index (χ4n) is 2.31.